The molecule has 88 heavy (non-hydrogen) atoms. The van der Waals surface area contributed by atoms with Gasteiger partial charge < -0.3 is 28.7 Å². The van der Waals surface area contributed by atoms with Gasteiger partial charge in [0.1, 0.15) is 0 Å². The Morgan fingerprint density at radius 3 is 1.23 bits per heavy atom. The minimum absolute atomic E-state index is 0.101. The lowest BCUT2D eigenvalue weighted by Gasteiger charge is -2.45. The first kappa shape index (κ1) is 54.9. The summed E-state index contributed by atoms with van der Waals surface area (Å²) in [6, 6.07) is 83.6. The normalized spacial score (nSPS) is 13.0. The van der Waals surface area contributed by atoms with E-state index in [4.69, 9.17) is 0 Å². The van der Waals surface area contributed by atoms with Crippen LogP contribution in [0.15, 0.2) is 218 Å². The van der Waals surface area contributed by atoms with Crippen LogP contribution in [0.1, 0.15) is 80.5 Å². The molecule has 2 aliphatic heterocycles. The average Bonchev–Trinajstić information content (AvgIpc) is 0.819. The van der Waals surface area contributed by atoms with Gasteiger partial charge in [-0.3, -0.25) is 0 Å². The van der Waals surface area contributed by atoms with Crippen molar-refractivity contribution in [2.24, 2.45) is 14.1 Å². The summed E-state index contributed by atoms with van der Waals surface area (Å²) < 4.78 is 4.85. The summed E-state index contributed by atoms with van der Waals surface area (Å²) in [6.07, 6.45) is 0. The number of fused-ring (bicyclic) bond motifs is 10. The van der Waals surface area contributed by atoms with Crippen molar-refractivity contribution in [3.05, 3.63) is 257 Å². The molecule has 13 aromatic rings. The zero-order valence-corrected chi connectivity index (χ0v) is 53.0. The second-order valence-electron chi connectivity index (χ2n) is 27.2. The van der Waals surface area contributed by atoms with Crippen LogP contribution < -0.4 is 36.0 Å². The summed E-state index contributed by atoms with van der Waals surface area (Å²) in [4.78, 5) is 10.2. The smallest absolute Gasteiger partial charge is 0.252 e. The molecule has 0 N–H and O–H groups in total. The van der Waals surface area contributed by atoms with Crippen LogP contribution >= 0.6 is 0 Å². The van der Waals surface area contributed by atoms with Crippen molar-refractivity contribution in [3.8, 4) is 0 Å². The SMILES string of the molecule is Cc1ccc(N(c2ccc(C)cc2)c2cc(N3c4ccc(C(C)(C)C)cc4B4c5cc(C(C)(C)C)ccc5N(c5ccc(N(c6ccc(C)cc6)c6ccc(C)cc6)c6c5c5ccccc5n6C)c5cc(C)cc3c54)c3c4ccccc4n(C)c3c2)cc1. The van der Waals surface area contributed by atoms with Crippen LogP contribution in [0.5, 0.6) is 0 Å². The Hall–Kier alpha value is -9.72. The van der Waals surface area contributed by atoms with Crippen molar-refractivity contribution < 1.29 is 0 Å². The van der Waals surface area contributed by atoms with Crippen molar-refractivity contribution in [1.29, 1.82) is 0 Å². The lowest BCUT2D eigenvalue weighted by molar-refractivity contribution is 0.590. The second kappa shape index (κ2) is 20.2. The number of benzene rings is 11. The van der Waals surface area contributed by atoms with Crippen molar-refractivity contribution >= 4 is 135 Å². The molecule has 0 amide bonds. The Morgan fingerprint density at radius 1 is 0.330 bits per heavy atom. The number of aryl methyl sites for hydroxylation is 7. The zero-order valence-electron chi connectivity index (χ0n) is 53.0. The third-order valence-corrected chi connectivity index (χ3v) is 19.1. The fourth-order valence-electron chi connectivity index (χ4n) is 14.4. The van der Waals surface area contributed by atoms with Crippen LogP contribution in [-0.2, 0) is 24.9 Å². The molecule has 2 aliphatic rings. The maximum absolute atomic E-state index is 2.67. The van der Waals surface area contributed by atoms with E-state index in [0.717, 1.165) is 45.5 Å². The fraction of sp³-hybridized carbons (Fsp3) is 0.185. The van der Waals surface area contributed by atoms with Gasteiger partial charge in [0.05, 0.1) is 33.8 Å². The van der Waals surface area contributed by atoms with Crippen LogP contribution in [0, 0.1) is 34.6 Å². The van der Waals surface area contributed by atoms with Gasteiger partial charge in [-0.25, -0.2) is 0 Å². The molecule has 7 heteroatoms. The molecule has 0 spiro atoms. The predicted molar refractivity (Wildman–Crippen MR) is 379 cm³/mol. The van der Waals surface area contributed by atoms with Gasteiger partial charge in [0.15, 0.2) is 0 Å². The summed E-state index contributed by atoms with van der Waals surface area (Å²) in [5, 5.41) is 4.86. The van der Waals surface area contributed by atoms with E-state index in [1.165, 1.54) is 122 Å². The molecule has 432 valence electrons. The Balaban J connectivity index is 1.07. The molecular weight excluding hydrogens is 1070 g/mol. The van der Waals surface area contributed by atoms with E-state index in [2.05, 4.69) is 337 Å². The standard InChI is InChI=1S/C81H75BN6/c1-50-22-32-57(33-23-50)85(58-34-24-51(2)25-35-58)61-48-72-76(62-18-14-16-20-66(62)83(72)12)73(49-61)88-69-41-31-56(81(9,10)11)47-65(69)82-64-46-55(80(6,7)8)30-40-68(64)87(74-44-54(5)45-75(88)78(74)82)70-42-43-71(79-77(70)63-19-15-17-21-67(63)84(79)13)86(59-36-26-52(3)27-37-59)60-38-28-53(4)29-39-60/h14-49H,1-13H3. The van der Waals surface area contributed by atoms with Gasteiger partial charge in [-0.15, -0.1) is 0 Å². The Morgan fingerprint density at radius 2 is 0.750 bits per heavy atom. The lowest BCUT2D eigenvalue weighted by atomic mass is 9.33. The number of hydrogen-bond acceptors (Lipinski definition) is 4. The molecule has 6 nitrogen and oxygen atoms in total. The highest BCUT2D eigenvalue weighted by Crippen LogP contribution is 2.54. The summed E-state index contributed by atoms with van der Waals surface area (Å²) >= 11 is 0. The molecule has 0 saturated heterocycles. The summed E-state index contributed by atoms with van der Waals surface area (Å²) in [6.45, 7) is 25.0. The number of aromatic nitrogens is 2. The molecule has 0 bridgehead atoms. The van der Waals surface area contributed by atoms with Crippen molar-refractivity contribution in [3.63, 3.8) is 0 Å². The van der Waals surface area contributed by atoms with Gasteiger partial charge in [-0.2, -0.15) is 0 Å². The highest BCUT2D eigenvalue weighted by atomic mass is 15.2. The van der Waals surface area contributed by atoms with Gasteiger partial charge >= 0.3 is 0 Å². The number of para-hydroxylation sites is 2. The van der Waals surface area contributed by atoms with Crippen LogP contribution in [0.3, 0.4) is 0 Å². The highest BCUT2D eigenvalue weighted by Gasteiger charge is 2.45. The first-order valence-corrected chi connectivity index (χ1v) is 31.2. The monoisotopic (exact) mass is 1140 g/mol. The molecule has 11 aromatic carbocycles. The molecule has 0 fully saturated rings. The summed E-state index contributed by atoms with van der Waals surface area (Å²) in [5.74, 6) is 0. The lowest BCUT2D eigenvalue weighted by Crippen LogP contribution is -2.61. The molecule has 0 radical (unpaired) electrons. The van der Waals surface area contributed by atoms with Gasteiger partial charge in [-0.05, 0) is 188 Å². The van der Waals surface area contributed by atoms with Crippen molar-refractivity contribution in [2.75, 3.05) is 19.6 Å². The largest absolute Gasteiger partial charge is 0.343 e. The van der Waals surface area contributed by atoms with Gasteiger partial charge in [0.25, 0.3) is 6.71 Å². The molecule has 2 aromatic heterocycles. The molecular formula is C81H75BN6. The van der Waals surface area contributed by atoms with E-state index in [1.807, 2.05) is 0 Å². The van der Waals surface area contributed by atoms with Crippen LogP contribution in [0.4, 0.5) is 68.2 Å². The van der Waals surface area contributed by atoms with E-state index in [-0.39, 0.29) is 17.5 Å². The summed E-state index contributed by atoms with van der Waals surface area (Å²) in [5.41, 5.74) is 30.8. The zero-order chi connectivity index (χ0) is 60.8. The van der Waals surface area contributed by atoms with Gasteiger partial charge in [0, 0.05) is 92.2 Å². The topological polar surface area (TPSA) is 22.8 Å². The van der Waals surface area contributed by atoms with Crippen LogP contribution in [-0.4, -0.2) is 15.8 Å². The van der Waals surface area contributed by atoms with E-state index in [0.29, 0.717) is 0 Å². The first-order valence-electron chi connectivity index (χ1n) is 31.2. The van der Waals surface area contributed by atoms with Crippen LogP contribution in [0.2, 0.25) is 0 Å². The summed E-state index contributed by atoms with van der Waals surface area (Å²) in [7, 11) is 4.50. The predicted octanol–water partition coefficient (Wildman–Crippen LogP) is 20.1. The third-order valence-electron chi connectivity index (χ3n) is 19.1. The molecule has 0 atom stereocenters. The highest BCUT2D eigenvalue weighted by molar-refractivity contribution is 7.00. The minimum Gasteiger partial charge on any atom is -0.343 e. The number of hydrogen-bond donors (Lipinski definition) is 0. The second-order valence-corrected chi connectivity index (χ2v) is 27.2. The van der Waals surface area contributed by atoms with Crippen LogP contribution in [0.25, 0.3) is 43.6 Å². The third kappa shape index (κ3) is 8.67. The number of rotatable bonds is 8. The molecule has 15 rings (SSSR count). The first-order chi connectivity index (χ1) is 42.3. The maximum Gasteiger partial charge on any atom is 0.252 e. The van der Waals surface area contributed by atoms with E-state index >= 15 is 0 Å². The van der Waals surface area contributed by atoms with E-state index < -0.39 is 0 Å². The molecule has 0 unspecified atom stereocenters. The van der Waals surface area contributed by atoms with E-state index in [9.17, 15) is 0 Å². The molecule has 4 heterocycles. The number of anilines is 12. The maximum atomic E-state index is 2.67. The molecule has 0 aliphatic carbocycles. The van der Waals surface area contributed by atoms with E-state index in [1.54, 1.807) is 0 Å². The van der Waals surface area contributed by atoms with Gasteiger partial charge in [-0.1, -0.05) is 173 Å². The quantitative estimate of drug-likeness (QED) is 0.141. The Labute approximate surface area is 519 Å². The van der Waals surface area contributed by atoms with Crippen molar-refractivity contribution in [1.82, 2.24) is 9.13 Å². The van der Waals surface area contributed by atoms with Crippen molar-refractivity contribution in [2.45, 2.75) is 87.0 Å². The van der Waals surface area contributed by atoms with Gasteiger partial charge in [0.2, 0.25) is 0 Å². The number of nitrogens with zero attached hydrogens (tertiary/aromatic N) is 6. The Kier molecular flexibility index (Phi) is 12.6. The minimum atomic E-state index is -0.120. The molecule has 0 saturated carbocycles. The Bertz CT molecular complexity index is 4860. The average molecular weight is 1140 g/mol. The fourth-order valence-corrected chi connectivity index (χ4v) is 14.4.